The fourth-order valence-electron chi connectivity index (χ4n) is 3.00. The third-order valence-electron chi connectivity index (χ3n) is 4.31. The van der Waals surface area contributed by atoms with Gasteiger partial charge >= 0.3 is 0 Å². The van der Waals surface area contributed by atoms with Crippen molar-refractivity contribution in [2.24, 2.45) is 11.8 Å². The van der Waals surface area contributed by atoms with Crippen molar-refractivity contribution in [3.05, 3.63) is 35.9 Å². The fraction of sp³-hybridized carbons (Fsp3) is 0.611. The van der Waals surface area contributed by atoms with E-state index in [9.17, 15) is 4.79 Å². The van der Waals surface area contributed by atoms with Gasteiger partial charge in [-0.15, -0.1) is 12.4 Å². The maximum absolute atomic E-state index is 12.8. The highest BCUT2D eigenvalue weighted by atomic mass is 35.5. The number of benzene rings is 1. The molecule has 118 valence electrons. The van der Waals surface area contributed by atoms with E-state index in [0.717, 1.165) is 31.0 Å². The number of hydrogen-bond acceptors (Lipinski definition) is 2. The van der Waals surface area contributed by atoms with Gasteiger partial charge in [0, 0.05) is 5.56 Å². The van der Waals surface area contributed by atoms with Crippen LogP contribution < -0.4 is 0 Å². The Morgan fingerprint density at radius 3 is 2.29 bits per heavy atom. The van der Waals surface area contributed by atoms with Gasteiger partial charge in [-0.3, -0.25) is 9.69 Å². The Bertz CT molecular complexity index is 424. The van der Waals surface area contributed by atoms with Gasteiger partial charge in [0.25, 0.3) is 0 Å². The van der Waals surface area contributed by atoms with Crippen molar-refractivity contribution in [3.8, 4) is 0 Å². The molecule has 1 aromatic carbocycles. The second-order valence-corrected chi connectivity index (χ2v) is 6.59. The lowest BCUT2D eigenvalue weighted by Gasteiger charge is -2.36. The number of halogens is 1. The Labute approximate surface area is 135 Å². The number of rotatable bonds is 5. The molecule has 0 aromatic heterocycles. The molecule has 0 spiro atoms. The van der Waals surface area contributed by atoms with Gasteiger partial charge in [-0.1, -0.05) is 51.1 Å². The molecule has 0 amide bonds. The average molecular weight is 310 g/mol. The number of hydrogen-bond donors (Lipinski definition) is 0. The molecule has 1 saturated heterocycles. The van der Waals surface area contributed by atoms with Crippen molar-refractivity contribution in [1.82, 2.24) is 4.90 Å². The van der Waals surface area contributed by atoms with Crippen LogP contribution in [-0.4, -0.2) is 29.8 Å². The minimum Gasteiger partial charge on any atom is -0.293 e. The fourth-order valence-corrected chi connectivity index (χ4v) is 3.00. The first-order chi connectivity index (χ1) is 9.58. The number of nitrogens with zero attached hydrogens (tertiary/aromatic N) is 1. The highest BCUT2D eigenvalue weighted by molar-refractivity contribution is 6.00. The van der Waals surface area contributed by atoms with Crippen LogP contribution in [0.25, 0.3) is 0 Å². The summed E-state index contributed by atoms with van der Waals surface area (Å²) >= 11 is 0. The summed E-state index contributed by atoms with van der Waals surface area (Å²) in [5, 5.41) is 0. The monoisotopic (exact) mass is 309 g/mol. The van der Waals surface area contributed by atoms with E-state index in [1.807, 2.05) is 30.3 Å². The van der Waals surface area contributed by atoms with Gasteiger partial charge in [0.05, 0.1) is 6.04 Å². The van der Waals surface area contributed by atoms with Gasteiger partial charge in [0.2, 0.25) is 0 Å². The Morgan fingerprint density at radius 1 is 1.19 bits per heavy atom. The summed E-state index contributed by atoms with van der Waals surface area (Å²) < 4.78 is 0. The maximum atomic E-state index is 12.8. The normalized spacial score (nSPS) is 18.3. The minimum atomic E-state index is 0. The molecule has 1 aliphatic heterocycles. The summed E-state index contributed by atoms with van der Waals surface area (Å²) in [5.41, 5.74) is 0.858. The molecule has 2 nitrogen and oxygen atoms in total. The summed E-state index contributed by atoms with van der Waals surface area (Å²) in [6.07, 6.45) is 3.40. The molecule has 1 aliphatic rings. The molecular formula is C18H28ClNO. The molecular weight excluding hydrogens is 282 g/mol. The summed E-state index contributed by atoms with van der Waals surface area (Å²) in [5.74, 6) is 1.65. The second kappa shape index (κ2) is 8.55. The second-order valence-electron chi connectivity index (χ2n) is 6.59. The van der Waals surface area contributed by atoms with Crippen LogP contribution in [0.1, 0.15) is 50.4 Å². The molecule has 1 heterocycles. The maximum Gasteiger partial charge on any atom is 0.179 e. The zero-order chi connectivity index (χ0) is 14.5. The zero-order valence-corrected chi connectivity index (χ0v) is 14.2. The van der Waals surface area contributed by atoms with E-state index >= 15 is 0 Å². The van der Waals surface area contributed by atoms with Crippen LogP contribution in [0, 0.1) is 11.8 Å². The van der Waals surface area contributed by atoms with E-state index in [1.54, 1.807) is 0 Å². The number of carbonyl (C=O) groups is 1. The van der Waals surface area contributed by atoms with E-state index in [4.69, 9.17) is 0 Å². The predicted molar refractivity (Wildman–Crippen MR) is 91.2 cm³/mol. The summed E-state index contributed by atoms with van der Waals surface area (Å²) in [6, 6.07) is 9.84. The zero-order valence-electron chi connectivity index (χ0n) is 13.4. The van der Waals surface area contributed by atoms with E-state index < -0.39 is 0 Å². The highest BCUT2D eigenvalue weighted by Crippen LogP contribution is 2.23. The van der Waals surface area contributed by atoms with Crippen molar-refractivity contribution in [2.75, 3.05) is 13.1 Å². The molecule has 1 aromatic rings. The number of ketones is 1. The SMILES string of the molecule is CC(C)CC(C(=O)c1ccccc1)N1CCC(C)CC1.Cl. The van der Waals surface area contributed by atoms with Gasteiger partial charge in [0.1, 0.15) is 0 Å². The molecule has 1 fully saturated rings. The van der Waals surface area contributed by atoms with E-state index in [1.165, 1.54) is 12.8 Å². The van der Waals surface area contributed by atoms with Gasteiger partial charge in [-0.25, -0.2) is 0 Å². The van der Waals surface area contributed by atoms with Crippen LogP contribution in [-0.2, 0) is 0 Å². The lowest BCUT2D eigenvalue weighted by molar-refractivity contribution is 0.0709. The molecule has 1 atom stereocenters. The van der Waals surface area contributed by atoms with Crippen LogP contribution in [0.2, 0.25) is 0 Å². The number of Topliss-reactive ketones (excluding diaryl/α,β-unsaturated/α-hetero) is 1. The minimum absolute atomic E-state index is 0. The number of carbonyl (C=O) groups excluding carboxylic acids is 1. The topological polar surface area (TPSA) is 20.3 Å². The van der Waals surface area contributed by atoms with Crippen LogP contribution in [0.4, 0.5) is 0 Å². The van der Waals surface area contributed by atoms with Crippen molar-refractivity contribution < 1.29 is 4.79 Å². The van der Waals surface area contributed by atoms with Crippen molar-refractivity contribution in [1.29, 1.82) is 0 Å². The Hall–Kier alpha value is -0.860. The first-order valence-electron chi connectivity index (χ1n) is 7.91. The Kier molecular flexibility index (Phi) is 7.41. The standard InChI is InChI=1S/C18H27NO.ClH/c1-14(2)13-17(19-11-9-15(3)10-12-19)18(20)16-7-5-4-6-8-16;/h4-8,14-15,17H,9-13H2,1-3H3;1H. The van der Waals surface area contributed by atoms with Crippen LogP contribution in [0.15, 0.2) is 30.3 Å². The van der Waals surface area contributed by atoms with Crippen LogP contribution >= 0.6 is 12.4 Å². The summed E-state index contributed by atoms with van der Waals surface area (Å²) in [6.45, 7) is 8.86. The van der Waals surface area contributed by atoms with E-state index in [-0.39, 0.29) is 18.4 Å². The van der Waals surface area contributed by atoms with Crippen molar-refractivity contribution in [2.45, 2.75) is 46.1 Å². The van der Waals surface area contributed by atoms with Gasteiger partial charge in [-0.05, 0) is 44.2 Å². The molecule has 0 aliphatic carbocycles. The molecule has 0 radical (unpaired) electrons. The summed E-state index contributed by atoms with van der Waals surface area (Å²) in [4.78, 5) is 15.2. The van der Waals surface area contributed by atoms with Crippen LogP contribution in [0.5, 0.6) is 0 Å². The van der Waals surface area contributed by atoms with Gasteiger partial charge in [0.15, 0.2) is 5.78 Å². The first-order valence-corrected chi connectivity index (χ1v) is 7.91. The Balaban J connectivity index is 0.00000220. The Morgan fingerprint density at radius 2 is 1.76 bits per heavy atom. The molecule has 21 heavy (non-hydrogen) atoms. The van der Waals surface area contributed by atoms with Gasteiger partial charge in [-0.2, -0.15) is 0 Å². The van der Waals surface area contributed by atoms with E-state index in [2.05, 4.69) is 25.7 Å². The average Bonchev–Trinajstić information content (AvgIpc) is 2.46. The molecule has 0 saturated carbocycles. The first kappa shape index (κ1) is 18.2. The lowest BCUT2D eigenvalue weighted by Crippen LogP contribution is -2.46. The molecule has 1 unspecified atom stereocenters. The largest absolute Gasteiger partial charge is 0.293 e. The molecule has 2 rings (SSSR count). The lowest BCUT2D eigenvalue weighted by atomic mass is 9.91. The third kappa shape index (κ3) is 5.12. The highest BCUT2D eigenvalue weighted by Gasteiger charge is 2.29. The molecule has 0 N–H and O–H groups in total. The number of piperidine rings is 1. The molecule has 0 bridgehead atoms. The van der Waals surface area contributed by atoms with Crippen molar-refractivity contribution in [3.63, 3.8) is 0 Å². The van der Waals surface area contributed by atoms with Crippen LogP contribution in [0.3, 0.4) is 0 Å². The quantitative estimate of drug-likeness (QED) is 0.750. The van der Waals surface area contributed by atoms with E-state index in [0.29, 0.717) is 11.7 Å². The number of likely N-dealkylation sites (tertiary alicyclic amines) is 1. The summed E-state index contributed by atoms with van der Waals surface area (Å²) in [7, 11) is 0. The third-order valence-corrected chi connectivity index (χ3v) is 4.31. The predicted octanol–water partition coefficient (Wildman–Crippen LogP) is 4.44. The van der Waals surface area contributed by atoms with Gasteiger partial charge < -0.3 is 0 Å². The smallest absolute Gasteiger partial charge is 0.179 e. The van der Waals surface area contributed by atoms with Crippen molar-refractivity contribution >= 4 is 18.2 Å². The molecule has 3 heteroatoms.